The SMILES string of the molecule is O=C(O)C=Cc1cn([C@H]2CC(O)[C@@H](CO)O2)c(=O)nc1NO. The van der Waals surface area contributed by atoms with Crippen LogP contribution >= 0.6 is 0 Å². The van der Waals surface area contributed by atoms with E-state index < -0.39 is 36.7 Å². The Balaban J connectivity index is 2.38. The van der Waals surface area contributed by atoms with Crippen molar-refractivity contribution in [1.29, 1.82) is 0 Å². The monoisotopic (exact) mass is 313 g/mol. The van der Waals surface area contributed by atoms with Gasteiger partial charge in [-0.15, -0.1) is 0 Å². The molecule has 0 radical (unpaired) electrons. The summed E-state index contributed by atoms with van der Waals surface area (Å²) in [5.74, 6) is -1.43. The van der Waals surface area contributed by atoms with Crippen molar-refractivity contribution in [3.63, 3.8) is 0 Å². The Labute approximate surface area is 123 Å². The molecule has 1 unspecified atom stereocenters. The minimum Gasteiger partial charge on any atom is -0.478 e. The minimum atomic E-state index is -1.21. The molecule has 1 aliphatic heterocycles. The molecule has 1 fully saturated rings. The van der Waals surface area contributed by atoms with Crippen LogP contribution in [0.15, 0.2) is 17.1 Å². The van der Waals surface area contributed by atoms with Crippen molar-refractivity contribution in [2.45, 2.75) is 24.9 Å². The number of aliphatic carboxylic acids is 1. The van der Waals surface area contributed by atoms with Gasteiger partial charge in [-0.3, -0.25) is 15.3 Å². The van der Waals surface area contributed by atoms with Crippen molar-refractivity contribution in [3.8, 4) is 0 Å². The molecule has 2 rings (SSSR count). The van der Waals surface area contributed by atoms with E-state index in [4.69, 9.17) is 20.2 Å². The minimum absolute atomic E-state index is 0.0702. The number of carboxylic acids is 1. The van der Waals surface area contributed by atoms with Crippen LogP contribution in [0.1, 0.15) is 18.2 Å². The van der Waals surface area contributed by atoms with Gasteiger partial charge in [-0.1, -0.05) is 0 Å². The summed E-state index contributed by atoms with van der Waals surface area (Å²) in [6, 6.07) is 0. The summed E-state index contributed by atoms with van der Waals surface area (Å²) in [4.78, 5) is 26.0. The first-order valence-corrected chi connectivity index (χ1v) is 6.35. The Kier molecular flexibility index (Phi) is 4.88. The van der Waals surface area contributed by atoms with Gasteiger partial charge in [0, 0.05) is 24.3 Å². The lowest BCUT2D eigenvalue weighted by atomic mass is 10.2. The Morgan fingerprint density at radius 3 is 2.86 bits per heavy atom. The average molecular weight is 313 g/mol. The Hall–Kier alpha value is -2.27. The number of carbonyl (C=O) groups is 1. The Bertz CT molecular complexity index is 642. The molecule has 1 aliphatic rings. The first-order valence-electron chi connectivity index (χ1n) is 6.35. The van der Waals surface area contributed by atoms with Crippen LogP contribution in [0.2, 0.25) is 0 Å². The smallest absolute Gasteiger partial charge is 0.351 e. The number of aliphatic hydroxyl groups excluding tert-OH is 2. The quantitative estimate of drug-likeness (QED) is 0.332. The summed E-state index contributed by atoms with van der Waals surface area (Å²) < 4.78 is 6.40. The van der Waals surface area contributed by atoms with Gasteiger partial charge in [-0.05, 0) is 6.08 Å². The summed E-state index contributed by atoms with van der Waals surface area (Å²) in [5.41, 5.74) is 1.08. The zero-order chi connectivity index (χ0) is 16.3. The molecule has 5 N–H and O–H groups in total. The van der Waals surface area contributed by atoms with E-state index in [-0.39, 0.29) is 17.8 Å². The molecule has 0 spiro atoms. The van der Waals surface area contributed by atoms with Crippen molar-refractivity contribution < 1.29 is 30.1 Å². The molecule has 0 saturated carbocycles. The van der Waals surface area contributed by atoms with Crippen LogP contribution in [0, 0.1) is 0 Å². The normalized spacial score (nSPS) is 24.8. The van der Waals surface area contributed by atoms with Crippen LogP contribution in [0.5, 0.6) is 0 Å². The highest BCUT2D eigenvalue weighted by atomic mass is 16.5. The number of hydrogen-bond acceptors (Lipinski definition) is 8. The molecular formula is C12H15N3O7. The Morgan fingerprint density at radius 2 is 2.32 bits per heavy atom. The largest absolute Gasteiger partial charge is 0.478 e. The maximum absolute atomic E-state index is 11.9. The second kappa shape index (κ2) is 6.66. The van der Waals surface area contributed by atoms with Gasteiger partial charge in [0.05, 0.1) is 12.7 Å². The maximum atomic E-state index is 11.9. The topological polar surface area (TPSA) is 154 Å². The molecule has 3 atom stereocenters. The zero-order valence-electron chi connectivity index (χ0n) is 11.3. The van der Waals surface area contributed by atoms with Gasteiger partial charge in [0.2, 0.25) is 0 Å². The second-order valence-electron chi connectivity index (χ2n) is 4.63. The number of nitrogens with zero attached hydrogens (tertiary/aromatic N) is 2. The fourth-order valence-electron chi connectivity index (χ4n) is 2.11. The number of carboxylic acid groups (broad SMARTS) is 1. The number of hydrogen-bond donors (Lipinski definition) is 5. The average Bonchev–Trinajstić information content (AvgIpc) is 2.86. The first kappa shape index (κ1) is 16.1. The van der Waals surface area contributed by atoms with Crippen LogP contribution < -0.4 is 11.2 Å². The van der Waals surface area contributed by atoms with Gasteiger partial charge >= 0.3 is 11.7 Å². The van der Waals surface area contributed by atoms with Crippen molar-refractivity contribution in [2.24, 2.45) is 0 Å². The third-order valence-corrected chi connectivity index (χ3v) is 3.19. The van der Waals surface area contributed by atoms with Gasteiger partial charge in [0.25, 0.3) is 0 Å². The first-order chi connectivity index (χ1) is 10.5. The zero-order valence-corrected chi connectivity index (χ0v) is 11.3. The molecule has 10 heteroatoms. The number of ether oxygens (including phenoxy) is 1. The summed E-state index contributed by atoms with van der Waals surface area (Å²) in [6.45, 7) is -0.401. The van der Waals surface area contributed by atoms with Crippen LogP contribution in [-0.2, 0) is 9.53 Å². The van der Waals surface area contributed by atoms with E-state index >= 15 is 0 Å². The number of aromatic nitrogens is 2. The van der Waals surface area contributed by atoms with Crippen molar-refractivity contribution in [1.82, 2.24) is 9.55 Å². The lowest BCUT2D eigenvalue weighted by molar-refractivity contribution is -0.131. The van der Waals surface area contributed by atoms with E-state index in [1.165, 1.54) is 6.20 Å². The van der Waals surface area contributed by atoms with E-state index in [0.717, 1.165) is 16.7 Å². The van der Waals surface area contributed by atoms with Crippen LogP contribution in [0.4, 0.5) is 5.82 Å². The highest BCUT2D eigenvalue weighted by Crippen LogP contribution is 2.28. The molecule has 1 saturated heterocycles. The predicted molar refractivity (Wildman–Crippen MR) is 72.2 cm³/mol. The van der Waals surface area contributed by atoms with E-state index in [1.807, 2.05) is 0 Å². The summed E-state index contributed by atoms with van der Waals surface area (Å²) >= 11 is 0. The molecular weight excluding hydrogens is 298 g/mol. The van der Waals surface area contributed by atoms with Gasteiger partial charge < -0.3 is 20.1 Å². The second-order valence-corrected chi connectivity index (χ2v) is 4.63. The summed E-state index contributed by atoms with van der Waals surface area (Å²) in [6.07, 6.45) is 0.662. The fraction of sp³-hybridized carbons (Fsp3) is 0.417. The van der Waals surface area contributed by atoms with E-state index in [2.05, 4.69) is 4.98 Å². The lowest BCUT2D eigenvalue weighted by Crippen LogP contribution is -2.28. The van der Waals surface area contributed by atoms with Gasteiger partial charge in [-0.2, -0.15) is 4.98 Å². The highest BCUT2D eigenvalue weighted by molar-refractivity contribution is 5.86. The molecule has 0 bridgehead atoms. The third kappa shape index (κ3) is 3.31. The van der Waals surface area contributed by atoms with Crippen molar-refractivity contribution in [2.75, 3.05) is 12.1 Å². The molecule has 0 aliphatic carbocycles. The number of rotatable bonds is 5. The van der Waals surface area contributed by atoms with E-state index in [0.29, 0.717) is 0 Å². The lowest BCUT2D eigenvalue weighted by Gasteiger charge is -2.15. The van der Waals surface area contributed by atoms with Gasteiger partial charge in [0.15, 0.2) is 5.82 Å². The van der Waals surface area contributed by atoms with Crippen molar-refractivity contribution in [3.05, 3.63) is 28.3 Å². The molecule has 1 aromatic heterocycles. The molecule has 120 valence electrons. The third-order valence-electron chi connectivity index (χ3n) is 3.19. The standard InChI is InChI=1S/C12H15N3O7/c16-5-8-7(17)3-9(22-8)15-4-6(1-2-10(18)19)11(14-21)13-12(15)20/h1-2,4,7-9,16-17,21H,3,5H2,(H,18,19)(H,13,14,20)/t7?,8-,9-/m1/s1. The number of nitrogens with one attached hydrogen (secondary N) is 1. The highest BCUT2D eigenvalue weighted by Gasteiger charge is 2.35. The van der Waals surface area contributed by atoms with Crippen LogP contribution in [0.3, 0.4) is 0 Å². The summed E-state index contributed by atoms with van der Waals surface area (Å²) in [7, 11) is 0. The molecule has 10 nitrogen and oxygen atoms in total. The molecule has 22 heavy (non-hydrogen) atoms. The van der Waals surface area contributed by atoms with Crippen molar-refractivity contribution >= 4 is 17.9 Å². The molecule has 1 aromatic rings. The fourth-order valence-corrected chi connectivity index (χ4v) is 2.11. The number of aliphatic hydroxyl groups is 2. The number of anilines is 1. The van der Waals surface area contributed by atoms with Gasteiger partial charge in [0.1, 0.15) is 12.3 Å². The van der Waals surface area contributed by atoms with E-state index in [9.17, 15) is 14.7 Å². The van der Waals surface area contributed by atoms with Gasteiger partial charge in [-0.25, -0.2) is 9.59 Å². The van der Waals surface area contributed by atoms with Crippen LogP contribution in [-0.4, -0.2) is 54.9 Å². The van der Waals surface area contributed by atoms with E-state index in [1.54, 1.807) is 5.48 Å². The Morgan fingerprint density at radius 1 is 1.59 bits per heavy atom. The maximum Gasteiger partial charge on any atom is 0.351 e. The molecule has 0 amide bonds. The summed E-state index contributed by atoms with van der Waals surface area (Å²) in [5, 5.41) is 36.3. The molecule has 0 aromatic carbocycles. The molecule has 2 heterocycles. The predicted octanol–water partition coefficient (Wildman–Crippen LogP) is -1.22. The van der Waals surface area contributed by atoms with Crippen LogP contribution in [0.25, 0.3) is 6.08 Å².